The van der Waals surface area contributed by atoms with Crippen molar-refractivity contribution in [3.05, 3.63) is 54.0 Å². The highest BCUT2D eigenvalue weighted by molar-refractivity contribution is 6.03. The minimum Gasteiger partial charge on any atom is -0.459 e. The summed E-state index contributed by atoms with van der Waals surface area (Å²) in [5, 5.41) is 5.88. The number of piperidine rings is 2. The van der Waals surface area contributed by atoms with Crippen LogP contribution < -0.4 is 10.6 Å². The minimum atomic E-state index is -0.331. The van der Waals surface area contributed by atoms with E-state index in [1.807, 2.05) is 0 Å². The van der Waals surface area contributed by atoms with E-state index in [0.717, 1.165) is 0 Å². The summed E-state index contributed by atoms with van der Waals surface area (Å²) in [4.78, 5) is 27.4. The molecule has 0 radical (unpaired) electrons. The molecule has 0 bridgehead atoms. The third-order valence-corrected chi connectivity index (χ3v) is 5.88. The monoisotopic (exact) mass is 381 g/mol. The average Bonchev–Trinajstić information content (AvgIpc) is 3.27. The van der Waals surface area contributed by atoms with Gasteiger partial charge in [0, 0.05) is 23.8 Å². The van der Waals surface area contributed by atoms with Crippen LogP contribution in [0.15, 0.2) is 47.1 Å². The molecule has 4 rings (SSSR count). The molecule has 0 saturated carbocycles. The number of fused-ring (bicyclic) bond motifs is 1. The first kappa shape index (κ1) is 18.7. The average molecular weight is 381 g/mol. The van der Waals surface area contributed by atoms with Crippen molar-refractivity contribution in [3.8, 4) is 0 Å². The maximum Gasteiger partial charge on any atom is 0.291 e. The molecular weight excluding hydrogens is 354 g/mol. The van der Waals surface area contributed by atoms with E-state index in [4.69, 9.17) is 4.42 Å². The summed E-state index contributed by atoms with van der Waals surface area (Å²) in [6.07, 6.45) is 7.69. The number of nitrogens with zero attached hydrogens (tertiary/aromatic N) is 1. The van der Waals surface area contributed by atoms with Crippen LogP contribution in [0.25, 0.3) is 0 Å². The molecule has 2 aliphatic rings. The van der Waals surface area contributed by atoms with Gasteiger partial charge in [0.15, 0.2) is 5.76 Å². The molecule has 2 aromatic rings. The molecule has 2 fully saturated rings. The van der Waals surface area contributed by atoms with Crippen LogP contribution >= 0.6 is 0 Å². The summed E-state index contributed by atoms with van der Waals surface area (Å²) >= 11 is 0. The first-order valence-corrected chi connectivity index (χ1v) is 10.2. The molecule has 0 aliphatic carbocycles. The smallest absolute Gasteiger partial charge is 0.291 e. The third-order valence-electron chi connectivity index (χ3n) is 5.88. The van der Waals surface area contributed by atoms with Gasteiger partial charge in [0.05, 0.1) is 6.26 Å². The Labute approximate surface area is 165 Å². The lowest BCUT2D eigenvalue weighted by Crippen LogP contribution is -2.51. The molecule has 1 aromatic heterocycles. The molecular formula is C22H27N3O3. The van der Waals surface area contributed by atoms with Crippen LogP contribution in [-0.2, 0) is 0 Å². The van der Waals surface area contributed by atoms with E-state index in [1.165, 1.54) is 51.5 Å². The second kappa shape index (κ2) is 8.61. The van der Waals surface area contributed by atoms with Crippen molar-refractivity contribution in [1.82, 2.24) is 10.2 Å². The van der Waals surface area contributed by atoms with Crippen LogP contribution in [0, 0.1) is 5.92 Å². The van der Waals surface area contributed by atoms with Crippen LogP contribution in [0.2, 0.25) is 0 Å². The zero-order valence-electron chi connectivity index (χ0n) is 16.0. The highest BCUT2D eigenvalue weighted by atomic mass is 16.3. The first-order chi connectivity index (χ1) is 13.7. The lowest BCUT2D eigenvalue weighted by molar-refractivity contribution is 0.0575. The molecule has 0 spiro atoms. The SMILES string of the molecule is O=C(NC[C@@H]1CCCN2CCCC[C@H]12)c1cccc(NC(=O)c2ccco2)c1. The van der Waals surface area contributed by atoms with Gasteiger partial charge in [-0.15, -0.1) is 0 Å². The Hall–Kier alpha value is -2.60. The summed E-state index contributed by atoms with van der Waals surface area (Å²) < 4.78 is 5.10. The van der Waals surface area contributed by atoms with Crippen molar-refractivity contribution in [1.29, 1.82) is 0 Å². The van der Waals surface area contributed by atoms with Crippen LogP contribution in [0.4, 0.5) is 5.69 Å². The molecule has 2 aliphatic heterocycles. The number of anilines is 1. The lowest BCUT2D eigenvalue weighted by Gasteiger charge is -2.44. The Bertz CT molecular complexity index is 816. The largest absolute Gasteiger partial charge is 0.459 e. The highest BCUT2D eigenvalue weighted by Crippen LogP contribution is 2.30. The van der Waals surface area contributed by atoms with Crippen molar-refractivity contribution in [2.75, 3.05) is 25.0 Å². The fraction of sp³-hybridized carbons (Fsp3) is 0.455. The Balaban J connectivity index is 1.35. The quantitative estimate of drug-likeness (QED) is 0.831. The molecule has 2 N–H and O–H groups in total. The van der Waals surface area contributed by atoms with Gasteiger partial charge in [-0.25, -0.2) is 0 Å². The number of benzene rings is 1. The van der Waals surface area contributed by atoms with Crippen molar-refractivity contribution in [3.63, 3.8) is 0 Å². The molecule has 28 heavy (non-hydrogen) atoms. The number of nitrogens with one attached hydrogen (secondary N) is 2. The molecule has 148 valence electrons. The summed E-state index contributed by atoms with van der Waals surface area (Å²) in [7, 11) is 0. The normalized spacial score (nSPS) is 22.3. The molecule has 6 nitrogen and oxygen atoms in total. The van der Waals surface area contributed by atoms with Gasteiger partial charge < -0.3 is 20.0 Å². The standard InChI is InChI=1S/C22H27N3O3/c26-21(23-15-17-7-4-12-25-11-2-1-9-19(17)25)16-6-3-8-18(14-16)24-22(27)20-10-5-13-28-20/h3,5-6,8,10,13-14,17,19H,1-2,4,7,9,11-12,15H2,(H,23,26)(H,24,27)/t17-,19+/m0/s1. The molecule has 3 heterocycles. The predicted molar refractivity (Wildman–Crippen MR) is 107 cm³/mol. The minimum absolute atomic E-state index is 0.0953. The van der Waals surface area contributed by atoms with Crippen LogP contribution in [-0.4, -0.2) is 42.4 Å². The number of furan rings is 1. The van der Waals surface area contributed by atoms with E-state index < -0.39 is 0 Å². The number of carbonyl (C=O) groups excluding carboxylic acids is 2. The van der Waals surface area contributed by atoms with Gasteiger partial charge in [-0.05, 0) is 75.0 Å². The summed E-state index contributed by atoms with van der Waals surface area (Å²) in [5.41, 5.74) is 1.12. The molecule has 2 atom stereocenters. The Morgan fingerprint density at radius 2 is 1.93 bits per heavy atom. The number of amides is 2. The topological polar surface area (TPSA) is 74.6 Å². The van der Waals surface area contributed by atoms with Crippen LogP contribution in [0.3, 0.4) is 0 Å². The van der Waals surface area contributed by atoms with Crippen LogP contribution in [0.1, 0.15) is 53.0 Å². The van der Waals surface area contributed by atoms with E-state index >= 15 is 0 Å². The first-order valence-electron chi connectivity index (χ1n) is 10.2. The zero-order chi connectivity index (χ0) is 19.3. The van der Waals surface area contributed by atoms with Crippen molar-refractivity contribution in [2.45, 2.75) is 38.1 Å². The van der Waals surface area contributed by atoms with Crippen LogP contribution in [0.5, 0.6) is 0 Å². The molecule has 0 unspecified atom stereocenters. The summed E-state index contributed by atoms with van der Waals surface area (Å²) in [6, 6.07) is 10.9. The number of hydrogen-bond acceptors (Lipinski definition) is 4. The molecule has 2 amide bonds. The van der Waals surface area contributed by atoms with Gasteiger partial charge in [-0.2, -0.15) is 0 Å². The van der Waals surface area contributed by atoms with Gasteiger partial charge in [0.1, 0.15) is 0 Å². The van der Waals surface area contributed by atoms with Crippen molar-refractivity contribution in [2.24, 2.45) is 5.92 Å². The number of rotatable bonds is 5. The van der Waals surface area contributed by atoms with E-state index in [2.05, 4.69) is 15.5 Å². The third kappa shape index (κ3) is 4.28. The second-order valence-electron chi connectivity index (χ2n) is 7.72. The predicted octanol–water partition coefficient (Wildman–Crippen LogP) is 3.53. The Kier molecular flexibility index (Phi) is 5.76. The van der Waals surface area contributed by atoms with Gasteiger partial charge in [0.25, 0.3) is 11.8 Å². The van der Waals surface area contributed by atoms with E-state index in [-0.39, 0.29) is 17.6 Å². The number of hydrogen-bond donors (Lipinski definition) is 2. The van der Waals surface area contributed by atoms with Gasteiger partial charge >= 0.3 is 0 Å². The zero-order valence-corrected chi connectivity index (χ0v) is 16.0. The molecule has 6 heteroatoms. The maximum atomic E-state index is 12.7. The van der Waals surface area contributed by atoms with Crippen molar-refractivity contribution < 1.29 is 14.0 Å². The number of carbonyl (C=O) groups is 2. The van der Waals surface area contributed by atoms with E-state index in [0.29, 0.717) is 29.8 Å². The molecule has 1 aromatic carbocycles. The maximum absolute atomic E-state index is 12.7. The van der Waals surface area contributed by atoms with Gasteiger partial charge in [-0.1, -0.05) is 12.5 Å². The van der Waals surface area contributed by atoms with E-state index in [9.17, 15) is 9.59 Å². The Morgan fingerprint density at radius 3 is 2.79 bits per heavy atom. The van der Waals surface area contributed by atoms with Gasteiger partial charge in [-0.3, -0.25) is 9.59 Å². The fourth-order valence-corrected chi connectivity index (χ4v) is 4.48. The van der Waals surface area contributed by atoms with Gasteiger partial charge in [0.2, 0.25) is 0 Å². The summed E-state index contributed by atoms with van der Waals surface area (Å²) in [5.74, 6) is 0.341. The van der Waals surface area contributed by atoms with E-state index in [1.54, 1.807) is 36.4 Å². The highest BCUT2D eigenvalue weighted by Gasteiger charge is 2.32. The second-order valence-corrected chi connectivity index (χ2v) is 7.72. The fourth-order valence-electron chi connectivity index (χ4n) is 4.48. The Morgan fingerprint density at radius 1 is 1.04 bits per heavy atom. The van der Waals surface area contributed by atoms with Crippen molar-refractivity contribution >= 4 is 17.5 Å². The lowest BCUT2D eigenvalue weighted by atomic mass is 9.83. The summed E-state index contributed by atoms with van der Waals surface area (Å²) in [6.45, 7) is 3.11. The molecule has 2 saturated heterocycles.